The van der Waals surface area contributed by atoms with Crippen molar-refractivity contribution in [3.05, 3.63) is 68.5 Å². The maximum Gasteiger partial charge on any atom is 0.288 e. The molecule has 9 nitrogen and oxygen atoms in total. The van der Waals surface area contributed by atoms with E-state index in [-0.39, 0.29) is 22.2 Å². The van der Waals surface area contributed by atoms with Crippen LogP contribution in [0.15, 0.2) is 47.8 Å². The molecule has 0 atom stereocenters. The molecule has 0 radical (unpaired) electrons. The van der Waals surface area contributed by atoms with Gasteiger partial charge in [0.1, 0.15) is 10.8 Å². The first-order valence-electron chi connectivity index (χ1n) is 8.21. The molecule has 0 saturated carbocycles. The van der Waals surface area contributed by atoms with E-state index in [1.807, 2.05) is 29.6 Å². The van der Waals surface area contributed by atoms with Gasteiger partial charge in [-0.1, -0.05) is 23.7 Å². The average molecular weight is 430 g/mol. The summed E-state index contributed by atoms with van der Waals surface area (Å²) in [4.78, 5) is 27.7. The van der Waals surface area contributed by atoms with Crippen molar-refractivity contribution in [2.45, 2.75) is 0 Å². The van der Waals surface area contributed by atoms with Gasteiger partial charge < -0.3 is 4.74 Å². The Kier molecular flexibility index (Phi) is 4.87. The van der Waals surface area contributed by atoms with Crippen LogP contribution < -0.4 is 10.1 Å². The minimum Gasteiger partial charge on any atom is -0.496 e. The predicted molar refractivity (Wildman–Crippen MR) is 109 cm³/mol. The standard InChI is InChI=1S/C18H12ClN5O4S/c1-28-15-5-3-2-4-11(15)14-9-29-18-21-17(22-23(14)18)20-16(25)10-6-7-12(19)13(8-10)24(26)27/h2-9H,1H3,(H,20,22,25). The van der Waals surface area contributed by atoms with Crippen LogP contribution >= 0.6 is 22.9 Å². The number of benzene rings is 2. The summed E-state index contributed by atoms with van der Waals surface area (Å²) in [7, 11) is 1.58. The number of rotatable bonds is 5. The van der Waals surface area contributed by atoms with Crippen molar-refractivity contribution < 1.29 is 14.5 Å². The molecular formula is C18H12ClN5O4S. The maximum absolute atomic E-state index is 12.5. The Hall–Kier alpha value is -3.50. The van der Waals surface area contributed by atoms with Crippen LogP contribution in [0.2, 0.25) is 5.02 Å². The summed E-state index contributed by atoms with van der Waals surface area (Å²) in [5.74, 6) is 0.180. The molecule has 2 aromatic heterocycles. The van der Waals surface area contributed by atoms with Gasteiger partial charge in [-0.15, -0.1) is 16.4 Å². The highest BCUT2D eigenvalue weighted by atomic mass is 35.5. The molecule has 0 aliphatic heterocycles. The molecule has 0 spiro atoms. The van der Waals surface area contributed by atoms with Crippen LogP contribution in [0, 0.1) is 10.1 Å². The Morgan fingerprint density at radius 1 is 1.31 bits per heavy atom. The summed E-state index contributed by atoms with van der Waals surface area (Å²) in [6, 6.07) is 11.3. The molecule has 0 saturated heterocycles. The third-order valence-electron chi connectivity index (χ3n) is 4.09. The quantitative estimate of drug-likeness (QED) is 0.374. The second-order valence-electron chi connectivity index (χ2n) is 5.83. The summed E-state index contributed by atoms with van der Waals surface area (Å²) < 4.78 is 6.99. The van der Waals surface area contributed by atoms with Gasteiger partial charge in [-0.05, 0) is 24.3 Å². The number of para-hydroxylation sites is 1. The third kappa shape index (κ3) is 3.50. The van der Waals surface area contributed by atoms with Crippen LogP contribution in [0.25, 0.3) is 16.2 Å². The van der Waals surface area contributed by atoms with Crippen molar-refractivity contribution in [3.63, 3.8) is 0 Å². The first kappa shape index (κ1) is 18.8. The number of anilines is 1. The lowest BCUT2D eigenvalue weighted by Gasteiger charge is -2.06. The number of ether oxygens (including phenoxy) is 1. The summed E-state index contributed by atoms with van der Waals surface area (Å²) in [6.45, 7) is 0. The lowest BCUT2D eigenvalue weighted by Crippen LogP contribution is -2.13. The number of nitro groups is 1. The maximum atomic E-state index is 12.5. The monoisotopic (exact) mass is 429 g/mol. The third-order valence-corrected chi connectivity index (χ3v) is 5.23. The first-order chi connectivity index (χ1) is 14.0. The van der Waals surface area contributed by atoms with E-state index in [0.717, 1.165) is 17.3 Å². The number of carbonyl (C=O) groups excluding carboxylic acids is 1. The van der Waals surface area contributed by atoms with Crippen molar-refractivity contribution in [2.75, 3.05) is 12.4 Å². The van der Waals surface area contributed by atoms with Gasteiger partial charge in [0, 0.05) is 22.6 Å². The molecule has 1 N–H and O–H groups in total. The number of nitrogens with one attached hydrogen (secondary N) is 1. The Morgan fingerprint density at radius 2 is 2.10 bits per heavy atom. The van der Waals surface area contributed by atoms with Gasteiger partial charge in [0.2, 0.25) is 4.96 Å². The second kappa shape index (κ2) is 7.49. The van der Waals surface area contributed by atoms with Crippen LogP contribution in [0.1, 0.15) is 10.4 Å². The fraction of sp³-hybridized carbons (Fsp3) is 0.0556. The molecule has 2 heterocycles. The predicted octanol–water partition coefficient (Wildman–Crippen LogP) is 4.28. The van der Waals surface area contributed by atoms with Crippen molar-refractivity contribution in [3.8, 4) is 17.0 Å². The lowest BCUT2D eigenvalue weighted by atomic mass is 10.1. The molecule has 4 rings (SSSR count). The number of nitrogens with zero attached hydrogens (tertiary/aromatic N) is 4. The van der Waals surface area contributed by atoms with Gasteiger partial charge in [0.25, 0.3) is 17.5 Å². The summed E-state index contributed by atoms with van der Waals surface area (Å²) in [5, 5.41) is 19.7. The molecular weight excluding hydrogens is 418 g/mol. The summed E-state index contributed by atoms with van der Waals surface area (Å²) in [5.41, 5.74) is 1.32. The first-order valence-corrected chi connectivity index (χ1v) is 9.46. The van der Waals surface area contributed by atoms with E-state index in [2.05, 4.69) is 15.4 Å². The molecule has 146 valence electrons. The van der Waals surface area contributed by atoms with Crippen LogP contribution in [0.4, 0.5) is 11.6 Å². The summed E-state index contributed by atoms with van der Waals surface area (Å²) >= 11 is 7.14. The zero-order valence-corrected chi connectivity index (χ0v) is 16.4. The molecule has 11 heteroatoms. The number of halogens is 1. The molecule has 0 aliphatic carbocycles. The number of carbonyl (C=O) groups is 1. The van der Waals surface area contributed by atoms with Crippen LogP contribution in [-0.4, -0.2) is 32.5 Å². The Labute approximate surface area is 172 Å². The van der Waals surface area contributed by atoms with Crippen molar-refractivity contribution in [1.29, 1.82) is 0 Å². The van der Waals surface area contributed by atoms with Gasteiger partial charge in [0.15, 0.2) is 0 Å². The Bertz CT molecular complexity index is 1250. The van der Waals surface area contributed by atoms with E-state index in [0.29, 0.717) is 10.7 Å². The lowest BCUT2D eigenvalue weighted by molar-refractivity contribution is -0.384. The number of aromatic nitrogens is 3. The molecule has 1 amide bonds. The molecule has 0 aliphatic rings. The number of nitro benzene ring substituents is 1. The minimum absolute atomic E-state index is 0.0476. The van der Waals surface area contributed by atoms with Crippen LogP contribution in [0.5, 0.6) is 5.75 Å². The highest BCUT2D eigenvalue weighted by molar-refractivity contribution is 7.15. The van der Waals surface area contributed by atoms with Crippen LogP contribution in [-0.2, 0) is 0 Å². The van der Waals surface area contributed by atoms with Gasteiger partial charge in [-0.25, -0.2) is 4.52 Å². The second-order valence-corrected chi connectivity index (χ2v) is 7.07. The van der Waals surface area contributed by atoms with E-state index in [1.54, 1.807) is 11.6 Å². The smallest absolute Gasteiger partial charge is 0.288 e. The highest BCUT2D eigenvalue weighted by Gasteiger charge is 2.19. The van der Waals surface area contributed by atoms with E-state index in [4.69, 9.17) is 16.3 Å². The fourth-order valence-corrected chi connectivity index (χ4v) is 3.75. The largest absolute Gasteiger partial charge is 0.496 e. The molecule has 29 heavy (non-hydrogen) atoms. The topological polar surface area (TPSA) is 112 Å². The number of methoxy groups -OCH3 is 1. The van der Waals surface area contributed by atoms with Gasteiger partial charge in [-0.2, -0.15) is 4.98 Å². The fourth-order valence-electron chi connectivity index (χ4n) is 2.74. The van der Waals surface area contributed by atoms with Gasteiger partial charge in [-0.3, -0.25) is 20.2 Å². The molecule has 0 bridgehead atoms. The minimum atomic E-state index is -0.649. The zero-order chi connectivity index (χ0) is 20.5. The number of thiazole rings is 1. The zero-order valence-electron chi connectivity index (χ0n) is 14.8. The number of hydrogen-bond acceptors (Lipinski definition) is 7. The van der Waals surface area contributed by atoms with E-state index >= 15 is 0 Å². The number of amides is 1. The Balaban J connectivity index is 1.65. The van der Waals surface area contributed by atoms with E-state index in [9.17, 15) is 14.9 Å². The number of fused-ring (bicyclic) bond motifs is 1. The molecule has 0 unspecified atom stereocenters. The molecule has 0 fully saturated rings. The normalized spacial score (nSPS) is 10.8. The van der Waals surface area contributed by atoms with Crippen LogP contribution in [0.3, 0.4) is 0 Å². The van der Waals surface area contributed by atoms with Crippen molar-refractivity contribution in [2.24, 2.45) is 0 Å². The van der Waals surface area contributed by atoms with E-state index in [1.165, 1.54) is 23.5 Å². The molecule has 4 aromatic rings. The van der Waals surface area contributed by atoms with Gasteiger partial charge in [0.05, 0.1) is 17.7 Å². The van der Waals surface area contributed by atoms with Gasteiger partial charge >= 0.3 is 0 Å². The highest BCUT2D eigenvalue weighted by Crippen LogP contribution is 2.32. The SMILES string of the molecule is COc1ccccc1-c1csc2nc(NC(=O)c3ccc(Cl)c([N+](=O)[O-])c3)nn12. The van der Waals surface area contributed by atoms with Crippen molar-refractivity contribution in [1.82, 2.24) is 14.6 Å². The average Bonchev–Trinajstić information content (AvgIpc) is 3.28. The molecule has 2 aromatic carbocycles. The van der Waals surface area contributed by atoms with Crippen molar-refractivity contribution >= 4 is 45.4 Å². The number of hydrogen-bond donors (Lipinski definition) is 1. The Morgan fingerprint density at radius 3 is 2.86 bits per heavy atom. The van der Waals surface area contributed by atoms with E-state index < -0.39 is 10.8 Å². The summed E-state index contributed by atoms with van der Waals surface area (Å²) in [6.07, 6.45) is 0.